The van der Waals surface area contributed by atoms with Crippen molar-refractivity contribution in [3.63, 3.8) is 0 Å². The molecule has 86 valence electrons. The van der Waals surface area contributed by atoms with Crippen LogP contribution in [0.4, 0.5) is 0 Å². The molecular weight excluding hydrogens is 218 g/mol. The standard InChI is InChI=1S/C13H11NO3/c1-14-8(7-15)5-11-10-4-3-9(16-2)6-12(10)17-13(11)14/h3-7H,1-2H3. The normalized spacial score (nSPS) is 11.2. The molecule has 0 fully saturated rings. The van der Waals surface area contributed by atoms with Crippen LogP contribution < -0.4 is 4.74 Å². The van der Waals surface area contributed by atoms with Gasteiger partial charge in [-0.1, -0.05) is 0 Å². The summed E-state index contributed by atoms with van der Waals surface area (Å²) < 4.78 is 12.6. The van der Waals surface area contributed by atoms with Crippen molar-refractivity contribution >= 4 is 28.4 Å². The smallest absolute Gasteiger partial charge is 0.208 e. The molecule has 4 heteroatoms. The van der Waals surface area contributed by atoms with Gasteiger partial charge in [-0.25, -0.2) is 0 Å². The number of nitrogens with zero attached hydrogens (tertiary/aromatic N) is 1. The zero-order chi connectivity index (χ0) is 12.0. The average Bonchev–Trinajstić information content (AvgIpc) is 2.86. The van der Waals surface area contributed by atoms with Crippen molar-refractivity contribution in [2.45, 2.75) is 0 Å². The molecule has 0 aliphatic heterocycles. The first-order valence-electron chi connectivity index (χ1n) is 5.25. The largest absolute Gasteiger partial charge is 0.497 e. The summed E-state index contributed by atoms with van der Waals surface area (Å²) in [6.45, 7) is 0. The van der Waals surface area contributed by atoms with E-state index in [4.69, 9.17) is 9.15 Å². The van der Waals surface area contributed by atoms with Crippen molar-refractivity contribution in [2.75, 3.05) is 7.11 Å². The lowest BCUT2D eigenvalue weighted by molar-refractivity contribution is 0.111. The molecule has 0 radical (unpaired) electrons. The van der Waals surface area contributed by atoms with E-state index < -0.39 is 0 Å². The summed E-state index contributed by atoms with van der Waals surface area (Å²) in [6.07, 6.45) is 0.824. The molecule has 0 spiro atoms. The summed E-state index contributed by atoms with van der Waals surface area (Å²) in [5, 5.41) is 1.94. The summed E-state index contributed by atoms with van der Waals surface area (Å²) in [5.74, 6) is 0.757. The van der Waals surface area contributed by atoms with Gasteiger partial charge < -0.3 is 13.7 Å². The maximum Gasteiger partial charge on any atom is 0.208 e. The fourth-order valence-corrected chi connectivity index (χ4v) is 2.07. The molecule has 0 saturated carbocycles. The van der Waals surface area contributed by atoms with Crippen LogP contribution in [0.3, 0.4) is 0 Å². The number of furan rings is 1. The predicted molar refractivity (Wildman–Crippen MR) is 64.6 cm³/mol. The Labute approximate surface area is 97.4 Å². The Morgan fingerprint density at radius 3 is 2.82 bits per heavy atom. The van der Waals surface area contributed by atoms with Crippen LogP contribution in [0.15, 0.2) is 28.7 Å². The molecule has 2 aromatic heterocycles. The van der Waals surface area contributed by atoms with Crippen molar-refractivity contribution in [1.29, 1.82) is 0 Å². The predicted octanol–water partition coefficient (Wildman–Crippen LogP) is 2.75. The lowest BCUT2D eigenvalue weighted by Gasteiger charge is -1.97. The molecule has 4 nitrogen and oxygen atoms in total. The number of rotatable bonds is 2. The number of methoxy groups -OCH3 is 1. The molecule has 0 N–H and O–H groups in total. The number of hydrogen-bond acceptors (Lipinski definition) is 3. The van der Waals surface area contributed by atoms with Crippen molar-refractivity contribution < 1.29 is 13.9 Å². The average molecular weight is 229 g/mol. The second kappa shape index (κ2) is 3.38. The molecule has 3 aromatic rings. The summed E-state index contributed by atoms with van der Waals surface area (Å²) >= 11 is 0. The van der Waals surface area contributed by atoms with Crippen LogP contribution in [-0.2, 0) is 7.05 Å². The number of hydrogen-bond donors (Lipinski definition) is 0. The van der Waals surface area contributed by atoms with Gasteiger partial charge in [0.05, 0.1) is 12.8 Å². The van der Waals surface area contributed by atoms with Crippen molar-refractivity contribution in [1.82, 2.24) is 4.57 Å². The van der Waals surface area contributed by atoms with Crippen LogP contribution >= 0.6 is 0 Å². The maximum absolute atomic E-state index is 10.8. The summed E-state index contributed by atoms with van der Waals surface area (Å²) in [6, 6.07) is 7.50. The molecule has 3 rings (SSSR count). The van der Waals surface area contributed by atoms with Gasteiger partial charge in [0, 0.05) is 23.9 Å². The van der Waals surface area contributed by atoms with Gasteiger partial charge in [-0.3, -0.25) is 4.79 Å². The van der Waals surface area contributed by atoms with E-state index >= 15 is 0 Å². The molecule has 1 aromatic carbocycles. The number of aromatic nitrogens is 1. The van der Waals surface area contributed by atoms with Gasteiger partial charge in [0.25, 0.3) is 0 Å². The minimum atomic E-state index is 0.608. The van der Waals surface area contributed by atoms with Crippen LogP contribution in [-0.4, -0.2) is 18.0 Å². The lowest BCUT2D eigenvalue weighted by Crippen LogP contribution is -1.92. The van der Waals surface area contributed by atoms with Gasteiger partial charge >= 0.3 is 0 Å². The third kappa shape index (κ3) is 1.27. The lowest BCUT2D eigenvalue weighted by atomic mass is 10.2. The van der Waals surface area contributed by atoms with E-state index in [1.807, 2.05) is 31.3 Å². The zero-order valence-electron chi connectivity index (χ0n) is 9.56. The Morgan fingerprint density at radius 2 is 2.12 bits per heavy atom. The Bertz CT molecular complexity index is 721. The minimum absolute atomic E-state index is 0.608. The molecule has 17 heavy (non-hydrogen) atoms. The van der Waals surface area contributed by atoms with Gasteiger partial charge in [0.15, 0.2) is 6.29 Å². The summed E-state index contributed by atoms with van der Waals surface area (Å²) in [4.78, 5) is 10.8. The van der Waals surface area contributed by atoms with Crippen LogP contribution in [0.25, 0.3) is 22.1 Å². The third-order valence-corrected chi connectivity index (χ3v) is 3.02. The van der Waals surface area contributed by atoms with Crippen molar-refractivity contribution in [2.24, 2.45) is 7.05 Å². The van der Waals surface area contributed by atoms with Gasteiger partial charge in [-0.05, 0) is 18.2 Å². The van der Waals surface area contributed by atoms with Gasteiger partial charge in [0.1, 0.15) is 11.3 Å². The first kappa shape index (κ1) is 9.96. The van der Waals surface area contributed by atoms with Gasteiger partial charge in [-0.2, -0.15) is 0 Å². The highest BCUT2D eigenvalue weighted by Crippen LogP contribution is 2.32. The molecule has 0 unspecified atom stereocenters. The summed E-state index contributed by atoms with van der Waals surface area (Å²) in [7, 11) is 3.43. The maximum atomic E-state index is 10.8. The topological polar surface area (TPSA) is 44.4 Å². The Kier molecular flexibility index (Phi) is 1.98. The monoisotopic (exact) mass is 229 g/mol. The van der Waals surface area contributed by atoms with Crippen LogP contribution in [0.2, 0.25) is 0 Å². The number of ether oxygens (including phenoxy) is 1. The first-order chi connectivity index (χ1) is 8.24. The zero-order valence-corrected chi connectivity index (χ0v) is 9.56. The van der Waals surface area contributed by atoms with E-state index in [1.54, 1.807) is 11.7 Å². The molecule has 0 atom stereocenters. The second-order valence-electron chi connectivity index (χ2n) is 3.93. The number of carbonyl (C=O) groups is 1. The number of aldehydes is 1. The van der Waals surface area contributed by atoms with Gasteiger partial charge in [-0.15, -0.1) is 0 Å². The summed E-state index contributed by atoms with van der Waals surface area (Å²) in [5.41, 5.74) is 2.08. The molecule has 0 aliphatic rings. The van der Waals surface area contributed by atoms with Crippen LogP contribution in [0, 0.1) is 0 Å². The molecule has 0 bridgehead atoms. The highest BCUT2D eigenvalue weighted by atomic mass is 16.5. The highest BCUT2D eigenvalue weighted by Gasteiger charge is 2.13. The van der Waals surface area contributed by atoms with E-state index in [9.17, 15) is 4.79 Å². The van der Waals surface area contributed by atoms with Gasteiger partial charge in [0.2, 0.25) is 5.71 Å². The molecule has 2 heterocycles. The Balaban J connectivity index is 2.40. The van der Waals surface area contributed by atoms with Crippen LogP contribution in [0.1, 0.15) is 10.5 Å². The molecular formula is C13H11NO3. The van der Waals surface area contributed by atoms with E-state index in [-0.39, 0.29) is 0 Å². The molecule has 0 aliphatic carbocycles. The Morgan fingerprint density at radius 1 is 1.29 bits per heavy atom. The molecule has 0 saturated heterocycles. The van der Waals surface area contributed by atoms with E-state index in [0.717, 1.165) is 28.4 Å². The van der Waals surface area contributed by atoms with Crippen molar-refractivity contribution in [3.8, 4) is 5.75 Å². The van der Waals surface area contributed by atoms with E-state index in [2.05, 4.69) is 0 Å². The number of aryl methyl sites for hydroxylation is 1. The van der Waals surface area contributed by atoms with E-state index in [1.165, 1.54) is 0 Å². The SMILES string of the molecule is COc1ccc2c(c1)oc1c2cc(C=O)n1C. The first-order valence-corrected chi connectivity index (χ1v) is 5.25. The molecule has 0 amide bonds. The third-order valence-electron chi connectivity index (χ3n) is 3.02. The van der Waals surface area contributed by atoms with E-state index in [0.29, 0.717) is 11.4 Å². The number of fused-ring (bicyclic) bond motifs is 3. The van der Waals surface area contributed by atoms with Crippen LogP contribution in [0.5, 0.6) is 5.75 Å². The second-order valence-corrected chi connectivity index (χ2v) is 3.93. The fraction of sp³-hybridized carbons (Fsp3) is 0.154. The Hall–Kier alpha value is -2.23. The van der Waals surface area contributed by atoms with Crippen molar-refractivity contribution in [3.05, 3.63) is 30.0 Å². The quantitative estimate of drug-likeness (QED) is 0.634. The number of carbonyl (C=O) groups excluding carboxylic acids is 1. The highest BCUT2D eigenvalue weighted by molar-refractivity contribution is 6.06. The minimum Gasteiger partial charge on any atom is -0.497 e. The number of benzene rings is 1. The fourth-order valence-electron chi connectivity index (χ4n) is 2.07.